The van der Waals surface area contributed by atoms with Gasteiger partial charge in [0.25, 0.3) is 5.56 Å². The number of aromatic nitrogens is 2. The van der Waals surface area contributed by atoms with Crippen molar-refractivity contribution in [1.82, 2.24) is 9.78 Å². The Kier molecular flexibility index (Phi) is 9.94. The fraction of sp³-hybridized carbons (Fsp3) is 0.600. The minimum Gasteiger partial charge on any atom is -0.268 e. The molecule has 1 heterocycles. The maximum absolute atomic E-state index is 10.7. The van der Waals surface area contributed by atoms with Gasteiger partial charge in [0.2, 0.25) is 0 Å². The summed E-state index contributed by atoms with van der Waals surface area (Å²) in [6.45, 7) is 9.85. The first-order valence-corrected chi connectivity index (χ1v) is 4.71. The molecule has 0 fully saturated rings. The van der Waals surface area contributed by atoms with E-state index in [1.54, 1.807) is 13.1 Å². The minimum absolute atomic E-state index is 0.0689. The summed E-state index contributed by atoms with van der Waals surface area (Å²) in [6.07, 6.45) is 0. The molecule has 0 saturated carbocycles. The van der Waals surface area contributed by atoms with Crippen LogP contribution in [0.5, 0.6) is 0 Å². The molecule has 3 heteroatoms. The molecule has 0 aliphatic heterocycles. The van der Waals surface area contributed by atoms with Crippen molar-refractivity contribution in [3.05, 3.63) is 28.2 Å². The maximum atomic E-state index is 10.7. The predicted octanol–water partition coefficient (Wildman–Crippen LogP) is 2.14. The Balaban J connectivity index is 0. The Morgan fingerprint density at radius 3 is 1.92 bits per heavy atom. The van der Waals surface area contributed by atoms with E-state index in [0.717, 1.165) is 5.69 Å². The van der Waals surface area contributed by atoms with Crippen LogP contribution in [0.2, 0.25) is 0 Å². The zero-order chi connectivity index (χ0) is 10.9. The average molecular weight is 184 g/mol. The normalized spacial score (nSPS) is 7.54. The fourth-order valence-corrected chi connectivity index (χ4v) is 0.619. The number of hydrogen-bond acceptors (Lipinski definition) is 2. The molecule has 3 nitrogen and oxygen atoms in total. The number of nitrogens with zero attached hydrogens (tertiary/aromatic N) is 2. The molecule has 0 radical (unpaired) electrons. The molecule has 0 amide bonds. The molecule has 0 atom stereocenters. The SMILES string of the molecule is CC.CC.Cc1ccc(=O)n(C)n1. The molecule has 1 rings (SSSR count). The molecule has 0 unspecified atom stereocenters. The Bertz CT molecular complexity index is 266. The summed E-state index contributed by atoms with van der Waals surface area (Å²) in [5.74, 6) is 0. The highest BCUT2D eigenvalue weighted by molar-refractivity contribution is 4.96. The third kappa shape index (κ3) is 6.08. The molecule has 13 heavy (non-hydrogen) atoms. The van der Waals surface area contributed by atoms with Gasteiger partial charge in [-0.3, -0.25) is 4.79 Å². The van der Waals surface area contributed by atoms with Crippen LogP contribution in [0.25, 0.3) is 0 Å². The summed E-state index contributed by atoms with van der Waals surface area (Å²) in [4.78, 5) is 10.7. The van der Waals surface area contributed by atoms with Gasteiger partial charge in [0, 0.05) is 13.1 Å². The maximum Gasteiger partial charge on any atom is 0.266 e. The van der Waals surface area contributed by atoms with Crippen molar-refractivity contribution in [3.8, 4) is 0 Å². The van der Waals surface area contributed by atoms with E-state index >= 15 is 0 Å². The summed E-state index contributed by atoms with van der Waals surface area (Å²) in [6, 6.07) is 3.20. The van der Waals surface area contributed by atoms with Gasteiger partial charge in [0.15, 0.2) is 0 Å². The van der Waals surface area contributed by atoms with Gasteiger partial charge in [0.05, 0.1) is 5.69 Å². The number of rotatable bonds is 0. The van der Waals surface area contributed by atoms with Crippen LogP contribution in [0.15, 0.2) is 16.9 Å². The summed E-state index contributed by atoms with van der Waals surface area (Å²) in [5.41, 5.74) is 0.790. The second-order valence-electron chi connectivity index (χ2n) is 1.94. The van der Waals surface area contributed by atoms with E-state index < -0.39 is 0 Å². The third-order valence-corrected chi connectivity index (χ3v) is 1.09. The van der Waals surface area contributed by atoms with Gasteiger partial charge in [-0.2, -0.15) is 5.10 Å². The summed E-state index contributed by atoms with van der Waals surface area (Å²) < 4.78 is 1.31. The van der Waals surface area contributed by atoms with E-state index in [4.69, 9.17) is 0 Å². The van der Waals surface area contributed by atoms with Crippen LogP contribution in [0.3, 0.4) is 0 Å². The monoisotopic (exact) mass is 184 g/mol. The zero-order valence-corrected chi connectivity index (χ0v) is 9.46. The molecule has 0 aromatic carbocycles. The first-order valence-electron chi connectivity index (χ1n) is 4.71. The van der Waals surface area contributed by atoms with Crippen LogP contribution in [-0.4, -0.2) is 9.78 Å². The third-order valence-electron chi connectivity index (χ3n) is 1.09. The Morgan fingerprint density at radius 1 is 1.15 bits per heavy atom. The fourth-order valence-electron chi connectivity index (χ4n) is 0.619. The van der Waals surface area contributed by atoms with E-state index in [-0.39, 0.29) is 5.56 Å². The topological polar surface area (TPSA) is 34.9 Å². The zero-order valence-electron chi connectivity index (χ0n) is 9.46. The standard InChI is InChI=1S/C6H8N2O.2C2H6/c1-5-3-4-6(9)8(2)7-5;2*1-2/h3-4H,1-2H3;2*1-2H3. The van der Waals surface area contributed by atoms with Crippen molar-refractivity contribution >= 4 is 0 Å². The molecule has 1 aromatic rings. The van der Waals surface area contributed by atoms with Gasteiger partial charge in [0.1, 0.15) is 0 Å². The highest BCUT2D eigenvalue weighted by atomic mass is 16.1. The lowest BCUT2D eigenvalue weighted by Gasteiger charge is -1.93. The highest BCUT2D eigenvalue weighted by Crippen LogP contribution is 1.81. The van der Waals surface area contributed by atoms with Gasteiger partial charge in [-0.25, -0.2) is 4.68 Å². The van der Waals surface area contributed by atoms with Gasteiger partial charge in [-0.15, -0.1) is 0 Å². The van der Waals surface area contributed by atoms with Crippen LogP contribution in [0, 0.1) is 6.92 Å². The number of hydrogen-bond donors (Lipinski definition) is 0. The largest absolute Gasteiger partial charge is 0.268 e. The lowest BCUT2D eigenvalue weighted by Crippen LogP contribution is -2.18. The van der Waals surface area contributed by atoms with E-state index in [0.29, 0.717) is 0 Å². The van der Waals surface area contributed by atoms with Crippen LogP contribution in [-0.2, 0) is 7.05 Å². The summed E-state index contributed by atoms with van der Waals surface area (Å²) in [5, 5.41) is 3.88. The number of aryl methyl sites for hydroxylation is 2. The van der Waals surface area contributed by atoms with Crippen molar-refractivity contribution < 1.29 is 0 Å². The van der Waals surface area contributed by atoms with E-state index in [1.165, 1.54) is 10.7 Å². The Hall–Kier alpha value is -1.12. The lowest BCUT2D eigenvalue weighted by molar-refractivity contribution is 0.692. The van der Waals surface area contributed by atoms with Gasteiger partial charge >= 0.3 is 0 Å². The quantitative estimate of drug-likeness (QED) is 0.619. The smallest absolute Gasteiger partial charge is 0.266 e. The van der Waals surface area contributed by atoms with Gasteiger partial charge in [-0.05, 0) is 13.0 Å². The van der Waals surface area contributed by atoms with Crippen molar-refractivity contribution in [2.24, 2.45) is 7.05 Å². The molecule has 0 aliphatic carbocycles. The van der Waals surface area contributed by atoms with Crippen molar-refractivity contribution in [2.75, 3.05) is 0 Å². The molecule has 0 spiro atoms. The molecule has 0 N–H and O–H groups in total. The van der Waals surface area contributed by atoms with Gasteiger partial charge in [-0.1, -0.05) is 27.7 Å². The molecule has 1 aromatic heterocycles. The predicted molar refractivity (Wildman–Crippen MR) is 56.9 cm³/mol. The average Bonchev–Trinajstić information content (AvgIpc) is 2.18. The molecular weight excluding hydrogens is 164 g/mol. The van der Waals surface area contributed by atoms with Crippen LogP contribution in [0.1, 0.15) is 33.4 Å². The second kappa shape index (κ2) is 8.97. The van der Waals surface area contributed by atoms with E-state index in [1.807, 2.05) is 34.6 Å². The lowest BCUT2D eigenvalue weighted by atomic mass is 10.4. The molecule has 76 valence electrons. The van der Waals surface area contributed by atoms with Crippen molar-refractivity contribution in [2.45, 2.75) is 34.6 Å². The van der Waals surface area contributed by atoms with E-state index in [2.05, 4.69) is 5.10 Å². The first-order chi connectivity index (χ1) is 6.20. The molecule has 0 saturated heterocycles. The summed E-state index contributed by atoms with van der Waals surface area (Å²) in [7, 11) is 1.63. The first kappa shape index (κ1) is 14.4. The van der Waals surface area contributed by atoms with Crippen LogP contribution in [0.4, 0.5) is 0 Å². The van der Waals surface area contributed by atoms with Gasteiger partial charge < -0.3 is 0 Å². The second-order valence-corrected chi connectivity index (χ2v) is 1.94. The molecule has 0 bridgehead atoms. The summed E-state index contributed by atoms with van der Waals surface area (Å²) >= 11 is 0. The minimum atomic E-state index is -0.0689. The highest BCUT2D eigenvalue weighted by Gasteiger charge is 1.87. The van der Waals surface area contributed by atoms with Crippen LogP contribution >= 0.6 is 0 Å². The van der Waals surface area contributed by atoms with E-state index in [9.17, 15) is 4.79 Å². The Labute approximate surface area is 80.4 Å². The van der Waals surface area contributed by atoms with Crippen LogP contribution < -0.4 is 5.56 Å². The Morgan fingerprint density at radius 2 is 1.62 bits per heavy atom. The molecule has 0 aliphatic rings. The van der Waals surface area contributed by atoms with Crippen molar-refractivity contribution in [3.63, 3.8) is 0 Å². The molecular formula is C10H20N2O. The van der Waals surface area contributed by atoms with Crippen molar-refractivity contribution in [1.29, 1.82) is 0 Å².